The summed E-state index contributed by atoms with van der Waals surface area (Å²) in [6.45, 7) is 1.78. The van der Waals surface area contributed by atoms with Crippen molar-refractivity contribution >= 4 is 17.6 Å². The lowest BCUT2D eigenvalue weighted by Gasteiger charge is -2.36. The standard InChI is InChI=1S/C16H23ClN2O2/c1-11(10-20)19(2)16(21)18-15(12-4-3-5-12)13-6-8-14(17)9-7-13/h6-9,11-12,15,20H,3-5,10H2,1-2H3,(H,18,21). The number of nitrogens with one attached hydrogen (secondary N) is 1. The Morgan fingerprint density at radius 3 is 2.52 bits per heavy atom. The van der Waals surface area contributed by atoms with Gasteiger partial charge in [-0.25, -0.2) is 4.79 Å². The Balaban J connectivity index is 2.10. The van der Waals surface area contributed by atoms with Crippen molar-refractivity contribution in [2.45, 2.75) is 38.3 Å². The minimum absolute atomic E-state index is 0.0110. The van der Waals surface area contributed by atoms with E-state index in [0.717, 1.165) is 18.4 Å². The van der Waals surface area contributed by atoms with Gasteiger partial charge in [0.15, 0.2) is 0 Å². The van der Waals surface area contributed by atoms with Gasteiger partial charge in [0.2, 0.25) is 0 Å². The Kier molecular flexibility index (Phi) is 5.48. The highest BCUT2D eigenvalue weighted by atomic mass is 35.5. The van der Waals surface area contributed by atoms with Crippen LogP contribution < -0.4 is 5.32 Å². The van der Waals surface area contributed by atoms with Crippen molar-refractivity contribution in [3.8, 4) is 0 Å². The predicted octanol–water partition coefficient (Wildman–Crippen LogP) is 3.20. The fraction of sp³-hybridized carbons (Fsp3) is 0.562. The van der Waals surface area contributed by atoms with Crippen LogP contribution >= 0.6 is 11.6 Å². The van der Waals surface area contributed by atoms with Gasteiger partial charge in [-0.15, -0.1) is 0 Å². The average Bonchev–Trinajstić information content (AvgIpc) is 2.43. The first-order chi connectivity index (χ1) is 10.0. The number of aliphatic hydroxyl groups is 1. The normalized spacial score (nSPS) is 17.7. The van der Waals surface area contributed by atoms with Crippen LogP contribution in [0.3, 0.4) is 0 Å². The van der Waals surface area contributed by atoms with Crippen molar-refractivity contribution in [3.63, 3.8) is 0 Å². The van der Waals surface area contributed by atoms with Crippen molar-refractivity contribution in [3.05, 3.63) is 34.9 Å². The van der Waals surface area contributed by atoms with Crippen LogP contribution in [0, 0.1) is 5.92 Å². The van der Waals surface area contributed by atoms with E-state index in [0.29, 0.717) is 10.9 Å². The summed E-state index contributed by atoms with van der Waals surface area (Å²) in [5.41, 5.74) is 1.09. The molecule has 4 nitrogen and oxygen atoms in total. The van der Waals surface area contributed by atoms with Crippen LogP contribution in [0.4, 0.5) is 4.79 Å². The van der Waals surface area contributed by atoms with E-state index in [1.165, 1.54) is 6.42 Å². The van der Waals surface area contributed by atoms with E-state index < -0.39 is 0 Å². The van der Waals surface area contributed by atoms with E-state index >= 15 is 0 Å². The summed E-state index contributed by atoms with van der Waals surface area (Å²) < 4.78 is 0. The second-order valence-electron chi connectivity index (χ2n) is 5.81. The fourth-order valence-electron chi connectivity index (χ4n) is 2.47. The first-order valence-electron chi connectivity index (χ1n) is 7.42. The van der Waals surface area contributed by atoms with E-state index in [-0.39, 0.29) is 24.7 Å². The molecule has 0 saturated heterocycles. The molecule has 0 bridgehead atoms. The van der Waals surface area contributed by atoms with Gasteiger partial charge in [0, 0.05) is 12.1 Å². The topological polar surface area (TPSA) is 52.6 Å². The largest absolute Gasteiger partial charge is 0.394 e. The molecule has 2 rings (SSSR count). The van der Waals surface area contributed by atoms with Crippen molar-refractivity contribution in [2.75, 3.05) is 13.7 Å². The van der Waals surface area contributed by atoms with Crippen LogP contribution in [0.25, 0.3) is 0 Å². The second kappa shape index (κ2) is 7.14. The number of hydrogen-bond donors (Lipinski definition) is 2. The molecule has 1 saturated carbocycles. The molecule has 0 spiro atoms. The zero-order valence-electron chi connectivity index (χ0n) is 12.6. The number of nitrogens with zero attached hydrogens (tertiary/aromatic N) is 1. The van der Waals surface area contributed by atoms with Gasteiger partial charge in [-0.05, 0) is 43.4 Å². The van der Waals surface area contributed by atoms with Crippen LogP contribution in [0.5, 0.6) is 0 Å². The molecule has 1 aromatic carbocycles. The Morgan fingerprint density at radius 2 is 2.05 bits per heavy atom. The molecular weight excluding hydrogens is 288 g/mol. The van der Waals surface area contributed by atoms with Crippen molar-refractivity contribution in [2.24, 2.45) is 5.92 Å². The molecule has 0 aromatic heterocycles. The average molecular weight is 311 g/mol. The highest BCUT2D eigenvalue weighted by Crippen LogP contribution is 2.38. The summed E-state index contributed by atoms with van der Waals surface area (Å²) in [5, 5.41) is 13.0. The quantitative estimate of drug-likeness (QED) is 0.877. The van der Waals surface area contributed by atoms with Crippen LogP contribution in [-0.2, 0) is 0 Å². The smallest absolute Gasteiger partial charge is 0.317 e. The number of hydrogen-bond acceptors (Lipinski definition) is 2. The Morgan fingerprint density at radius 1 is 1.43 bits per heavy atom. The van der Waals surface area contributed by atoms with Gasteiger partial charge in [-0.2, -0.15) is 0 Å². The molecular formula is C16H23ClN2O2. The summed E-state index contributed by atoms with van der Waals surface area (Å²) in [6.07, 6.45) is 3.48. The summed E-state index contributed by atoms with van der Waals surface area (Å²) in [5.74, 6) is 0.480. The molecule has 1 aliphatic carbocycles. The highest BCUT2D eigenvalue weighted by Gasteiger charge is 2.31. The minimum atomic E-state index is -0.197. The number of aliphatic hydroxyl groups excluding tert-OH is 1. The van der Waals surface area contributed by atoms with E-state index in [1.807, 2.05) is 31.2 Å². The first-order valence-corrected chi connectivity index (χ1v) is 7.80. The molecule has 2 unspecified atom stereocenters. The number of halogens is 1. The van der Waals surface area contributed by atoms with Crippen molar-refractivity contribution in [1.29, 1.82) is 0 Å². The zero-order valence-corrected chi connectivity index (χ0v) is 13.3. The SMILES string of the molecule is CC(CO)N(C)C(=O)NC(c1ccc(Cl)cc1)C1CCC1. The maximum atomic E-state index is 12.3. The lowest BCUT2D eigenvalue weighted by molar-refractivity contribution is 0.146. The van der Waals surface area contributed by atoms with E-state index in [1.54, 1.807) is 11.9 Å². The molecule has 1 aromatic rings. The van der Waals surface area contributed by atoms with Crippen LogP contribution in [0.1, 0.15) is 37.8 Å². The van der Waals surface area contributed by atoms with Crippen LogP contribution in [0.15, 0.2) is 24.3 Å². The number of urea groups is 1. The Bertz CT molecular complexity index is 474. The van der Waals surface area contributed by atoms with Crippen LogP contribution in [0.2, 0.25) is 5.02 Å². The third-order valence-corrected chi connectivity index (χ3v) is 4.63. The minimum Gasteiger partial charge on any atom is -0.394 e. The maximum absolute atomic E-state index is 12.3. The summed E-state index contributed by atoms with van der Waals surface area (Å²) in [6, 6.07) is 7.32. The highest BCUT2D eigenvalue weighted by molar-refractivity contribution is 6.30. The number of rotatable bonds is 5. The molecule has 2 atom stereocenters. The molecule has 2 N–H and O–H groups in total. The maximum Gasteiger partial charge on any atom is 0.317 e. The fourth-order valence-corrected chi connectivity index (χ4v) is 2.60. The molecule has 116 valence electrons. The van der Waals surface area contributed by atoms with Gasteiger partial charge in [-0.1, -0.05) is 30.2 Å². The van der Waals surface area contributed by atoms with Gasteiger partial charge in [0.1, 0.15) is 0 Å². The lowest BCUT2D eigenvalue weighted by atomic mass is 9.77. The number of likely N-dealkylation sites (N-methyl/N-ethyl adjacent to an activating group) is 1. The van der Waals surface area contributed by atoms with Crippen molar-refractivity contribution < 1.29 is 9.90 Å². The summed E-state index contributed by atoms with van der Waals surface area (Å²) in [7, 11) is 1.70. The molecule has 5 heteroatoms. The van der Waals surface area contributed by atoms with E-state index in [2.05, 4.69) is 5.32 Å². The summed E-state index contributed by atoms with van der Waals surface area (Å²) in [4.78, 5) is 13.9. The third-order valence-electron chi connectivity index (χ3n) is 4.38. The van der Waals surface area contributed by atoms with Gasteiger partial charge < -0.3 is 15.3 Å². The second-order valence-corrected chi connectivity index (χ2v) is 6.25. The molecule has 1 fully saturated rings. The molecule has 1 aliphatic rings. The number of amides is 2. The molecule has 2 amide bonds. The predicted molar refractivity (Wildman–Crippen MR) is 84.4 cm³/mol. The van der Waals surface area contributed by atoms with E-state index in [9.17, 15) is 4.79 Å². The summed E-state index contributed by atoms with van der Waals surface area (Å²) >= 11 is 5.94. The number of carbonyl (C=O) groups is 1. The molecule has 0 aliphatic heterocycles. The monoisotopic (exact) mass is 310 g/mol. The molecule has 21 heavy (non-hydrogen) atoms. The van der Waals surface area contributed by atoms with Crippen LogP contribution in [-0.4, -0.2) is 35.7 Å². The van der Waals surface area contributed by atoms with Crippen molar-refractivity contribution in [1.82, 2.24) is 10.2 Å². The third kappa shape index (κ3) is 3.89. The first kappa shape index (κ1) is 16.1. The lowest BCUT2D eigenvalue weighted by Crippen LogP contribution is -2.47. The zero-order chi connectivity index (χ0) is 15.4. The Hall–Kier alpha value is -1.26. The molecule has 0 heterocycles. The number of benzene rings is 1. The number of carbonyl (C=O) groups excluding carboxylic acids is 1. The van der Waals surface area contributed by atoms with Gasteiger partial charge in [0.25, 0.3) is 0 Å². The van der Waals surface area contributed by atoms with E-state index in [4.69, 9.17) is 16.7 Å². The van der Waals surface area contributed by atoms with Gasteiger partial charge in [0.05, 0.1) is 18.7 Å². The molecule has 0 radical (unpaired) electrons. The van der Waals surface area contributed by atoms with Gasteiger partial charge >= 0.3 is 6.03 Å². The Labute approximate surface area is 131 Å². The van der Waals surface area contributed by atoms with Gasteiger partial charge in [-0.3, -0.25) is 0 Å².